The first-order valence-electron chi connectivity index (χ1n) is 12.7. The van der Waals surface area contributed by atoms with Crippen LogP contribution < -0.4 is 0 Å². The van der Waals surface area contributed by atoms with E-state index in [0.29, 0.717) is 19.6 Å². The Morgan fingerprint density at radius 3 is 2.47 bits per heavy atom. The van der Waals surface area contributed by atoms with E-state index >= 15 is 0 Å². The lowest BCUT2D eigenvalue weighted by Gasteiger charge is -2.33. The van der Waals surface area contributed by atoms with Crippen molar-refractivity contribution in [2.75, 3.05) is 19.6 Å². The summed E-state index contributed by atoms with van der Waals surface area (Å²) in [6.45, 7) is 6.21. The van der Waals surface area contributed by atoms with Crippen molar-refractivity contribution in [3.8, 4) is 0 Å². The quantitative estimate of drug-likeness (QED) is 0.413. The summed E-state index contributed by atoms with van der Waals surface area (Å²) in [6.07, 6.45) is 7.80. The van der Waals surface area contributed by atoms with Crippen molar-refractivity contribution in [2.24, 2.45) is 5.92 Å². The minimum Gasteiger partial charge on any atom is -0.361 e. The maximum Gasteiger partial charge on any atom is 0.242 e. The van der Waals surface area contributed by atoms with Crippen LogP contribution in [0.1, 0.15) is 55.7 Å². The number of hydrogen-bond donors (Lipinski definition) is 1. The molecule has 0 spiro atoms. The number of unbranched alkanes of at least 4 members (excludes halogenated alkanes) is 1. The van der Waals surface area contributed by atoms with Gasteiger partial charge in [0.2, 0.25) is 11.8 Å². The zero-order valence-electron chi connectivity index (χ0n) is 20.6. The number of aromatic amines is 1. The van der Waals surface area contributed by atoms with Crippen LogP contribution in [0.2, 0.25) is 0 Å². The number of aryl methyl sites for hydroxylation is 1. The van der Waals surface area contributed by atoms with Gasteiger partial charge in [-0.05, 0) is 49.8 Å². The van der Waals surface area contributed by atoms with Crippen LogP contribution in [0.4, 0.5) is 0 Å². The van der Waals surface area contributed by atoms with Crippen molar-refractivity contribution in [1.29, 1.82) is 0 Å². The smallest absolute Gasteiger partial charge is 0.242 e. The summed E-state index contributed by atoms with van der Waals surface area (Å²) in [5.74, 6) is 0.311. The van der Waals surface area contributed by atoms with E-state index in [1.54, 1.807) is 0 Å². The zero-order chi connectivity index (χ0) is 23.9. The number of aromatic nitrogens is 1. The molecule has 1 saturated carbocycles. The second kappa shape index (κ2) is 11.4. The number of hydrogen-bond acceptors (Lipinski definition) is 2. The lowest BCUT2D eigenvalue weighted by atomic mass is 9.84. The predicted molar refractivity (Wildman–Crippen MR) is 137 cm³/mol. The third kappa shape index (κ3) is 5.88. The molecule has 1 aromatic heterocycles. The maximum atomic E-state index is 13.6. The molecule has 0 atom stereocenters. The molecule has 0 aliphatic heterocycles. The fraction of sp³-hybridized carbons (Fsp3) is 0.448. The van der Waals surface area contributed by atoms with Crippen molar-refractivity contribution in [1.82, 2.24) is 14.8 Å². The molecule has 1 aliphatic carbocycles. The Labute approximate surface area is 203 Å². The molecule has 1 aliphatic rings. The van der Waals surface area contributed by atoms with E-state index in [0.717, 1.165) is 49.6 Å². The number of fused-ring (bicyclic) bond motifs is 1. The van der Waals surface area contributed by atoms with Gasteiger partial charge >= 0.3 is 0 Å². The Hall–Kier alpha value is -3.08. The second-order valence-corrected chi connectivity index (χ2v) is 9.65. The normalized spacial score (nSPS) is 13.6. The third-order valence-electron chi connectivity index (χ3n) is 7.05. The van der Waals surface area contributed by atoms with Gasteiger partial charge in [-0.2, -0.15) is 0 Å². The molecular weight excluding hydrogens is 422 g/mol. The fourth-order valence-electron chi connectivity index (χ4n) is 4.59. The van der Waals surface area contributed by atoms with E-state index in [-0.39, 0.29) is 24.3 Å². The summed E-state index contributed by atoms with van der Waals surface area (Å²) < 4.78 is 0. The van der Waals surface area contributed by atoms with Crippen molar-refractivity contribution in [3.63, 3.8) is 0 Å². The minimum absolute atomic E-state index is 0.0317. The first-order valence-corrected chi connectivity index (χ1v) is 12.7. The van der Waals surface area contributed by atoms with Gasteiger partial charge in [0.15, 0.2) is 0 Å². The number of rotatable bonds is 11. The molecule has 5 nitrogen and oxygen atoms in total. The van der Waals surface area contributed by atoms with Crippen molar-refractivity contribution in [2.45, 2.75) is 58.9 Å². The van der Waals surface area contributed by atoms with Crippen LogP contribution in [0.3, 0.4) is 0 Å². The lowest BCUT2D eigenvalue weighted by Crippen LogP contribution is -2.46. The van der Waals surface area contributed by atoms with E-state index in [9.17, 15) is 9.59 Å². The van der Waals surface area contributed by atoms with E-state index in [2.05, 4.69) is 55.2 Å². The van der Waals surface area contributed by atoms with Gasteiger partial charge in [0.05, 0.1) is 6.54 Å². The largest absolute Gasteiger partial charge is 0.361 e. The summed E-state index contributed by atoms with van der Waals surface area (Å²) in [7, 11) is 0. The highest BCUT2D eigenvalue weighted by Crippen LogP contribution is 2.28. The molecule has 2 amide bonds. The minimum atomic E-state index is 0.0317. The molecule has 3 aromatic rings. The molecule has 180 valence electrons. The summed E-state index contributed by atoms with van der Waals surface area (Å²) >= 11 is 0. The van der Waals surface area contributed by atoms with Crippen molar-refractivity contribution in [3.05, 3.63) is 71.4 Å². The van der Waals surface area contributed by atoms with E-state index in [1.807, 2.05) is 28.1 Å². The zero-order valence-corrected chi connectivity index (χ0v) is 20.6. The molecular formula is C29H37N3O2. The molecule has 5 heteroatoms. The van der Waals surface area contributed by atoms with Crippen LogP contribution in [0, 0.1) is 12.8 Å². The summed E-state index contributed by atoms with van der Waals surface area (Å²) in [5, 5.41) is 1.20. The first-order chi connectivity index (χ1) is 16.5. The van der Waals surface area contributed by atoms with Gasteiger partial charge < -0.3 is 14.8 Å². The highest BCUT2D eigenvalue weighted by Gasteiger charge is 2.31. The van der Waals surface area contributed by atoms with Gasteiger partial charge in [-0.15, -0.1) is 0 Å². The van der Waals surface area contributed by atoms with Gasteiger partial charge in [-0.1, -0.05) is 67.8 Å². The molecule has 4 rings (SSSR count). The number of H-pyrrole nitrogens is 1. The number of carbonyl (C=O) groups excluding carboxylic acids is 2. The van der Waals surface area contributed by atoms with Gasteiger partial charge in [0.1, 0.15) is 0 Å². The molecule has 34 heavy (non-hydrogen) atoms. The molecule has 0 unspecified atom stereocenters. The number of nitrogens with one attached hydrogen (secondary N) is 1. The lowest BCUT2D eigenvalue weighted by molar-refractivity contribution is -0.145. The van der Waals surface area contributed by atoms with Crippen LogP contribution in [-0.2, 0) is 22.6 Å². The standard InChI is InChI=1S/C29H37N3O2/c1-3-4-17-32(29(34)24-8-7-9-24)21-28(33)31(20-23-14-12-22(2)13-15-23)18-16-25-19-30-27-11-6-5-10-26(25)27/h5-6,10-15,19,24,30H,3-4,7-9,16-18,20-21H2,1-2H3. The third-order valence-corrected chi connectivity index (χ3v) is 7.05. The first kappa shape index (κ1) is 24.1. The van der Waals surface area contributed by atoms with Gasteiger partial charge in [-0.25, -0.2) is 0 Å². The Kier molecular flexibility index (Phi) is 8.04. The summed E-state index contributed by atoms with van der Waals surface area (Å²) in [6, 6.07) is 16.6. The molecule has 1 fully saturated rings. The van der Waals surface area contributed by atoms with E-state index in [1.165, 1.54) is 16.5 Å². The molecule has 0 saturated heterocycles. The Morgan fingerprint density at radius 2 is 1.76 bits per heavy atom. The SMILES string of the molecule is CCCCN(CC(=O)N(CCc1c[nH]c2ccccc12)Cc1ccc(C)cc1)C(=O)C1CCC1. The highest BCUT2D eigenvalue weighted by atomic mass is 16.2. The number of nitrogens with zero attached hydrogens (tertiary/aromatic N) is 2. The molecule has 0 bridgehead atoms. The topological polar surface area (TPSA) is 56.4 Å². The predicted octanol–water partition coefficient (Wildman–Crippen LogP) is 5.48. The Balaban J connectivity index is 1.49. The van der Waals surface area contributed by atoms with Crippen LogP contribution >= 0.6 is 0 Å². The molecule has 0 radical (unpaired) electrons. The average Bonchev–Trinajstić information content (AvgIpc) is 3.22. The van der Waals surface area contributed by atoms with Crippen LogP contribution in [0.15, 0.2) is 54.7 Å². The Morgan fingerprint density at radius 1 is 1.00 bits per heavy atom. The average molecular weight is 460 g/mol. The summed E-state index contributed by atoms with van der Waals surface area (Å²) in [5.41, 5.74) is 4.65. The van der Waals surface area contributed by atoms with Crippen molar-refractivity contribution < 1.29 is 9.59 Å². The van der Waals surface area contributed by atoms with Crippen LogP contribution in [-0.4, -0.2) is 46.2 Å². The van der Waals surface area contributed by atoms with Crippen LogP contribution in [0.25, 0.3) is 10.9 Å². The molecule has 2 aromatic carbocycles. The number of carbonyl (C=O) groups is 2. The Bertz CT molecular complexity index is 1100. The number of benzene rings is 2. The number of para-hydroxylation sites is 1. The highest BCUT2D eigenvalue weighted by molar-refractivity contribution is 5.86. The van der Waals surface area contributed by atoms with Gasteiger partial charge in [0, 0.05) is 42.7 Å². The second-order valence-electron chi connectivity index (χ2n) is 9.65. The van der Waals surface area contributed by atoms with E-state index in [4.69, 9.17) is 0 Å². The molecule has 1 N–H and O–H groups in total. The van der Waals surface area contributed by atoms with Crippen LogP contribution in [0.5, 0.6) is 0 Å². The van der Waals surface area contributed by atoms with Gasteiger partial charge in [-0.3, -0.25) is 9.59 Å². The van der Waals surface area contributed by atoms with Gasteiger partial charge in [0.25, 0.3) is 0 Å². The monoisotopic (exact) mass is 459 g/mol. The number of amides is 2. The summed E-state index contributed by atoms with van der Waals surface area (Å²) in [4.78, 5) is 33.7. The van der Waals surface area contributed by atoms with E-state index < -0.39 is 0 Å². The molecule has 1 heterocycles. The maximum absolute atomic E-state index is 13.6. The van der Waals surface area contributed by atoms with Crippen molar-refractivity contribution >= 4 is 22.7 Å². The fourth-order valence-corrected chi connectivity index (χ4v) is 4.59.